The molecule has 0 aliphatic carbocycles. The number of aromatic nitrogens is 1. The molecule has 2 fully saturated rings. The molecule has 0 amide bonds. The summed E-state index contributed by atoms with van der Waals surface area (Å²) in [6, 6.07) is 0. The summed E-state index contributed by atoms with van der Waals surface area (Å²) in [5.41, 5.74) is 1.03. The number of hydrogen-bond acceptors (Lipinski definition) is 4. The highest BCUT2D eigenvalue weighted by atomic mass is 16.4. The molecule has 0 saturated carbocycles. The lowest BCUT2D eigenvalue weighted by Crippen LogP contribution is -2.39. The van der Waals surface area contributed by atoms with Crippen molar-refractivity contribution in [2.24, 2.45) is 11.8 Å². The quantitative estimate of drug-likeness (QED) is 0.839. The molecule has 3 heterocycles. The van der Waals surface area contributed by atoms with Crippen molar-refractivity contribution in [1.82, 2.24) is 15.2 Å². The summed E-state index contributed by atoms with van der Waals surface area (Å²) in [6.45, 7) is 9.65. The van der Waals surface area contributed by atoms with Crippen molar-refractivity contribution in [2.75, 3.05) is 26.2 Å². The maximum atomic E-state index is 5.66. The van der Waals surface area contributed by atoms with E-state index in [1.54, 1.807) is 0 Å². The lowest BCUT2D eigenvalue weighted by molar-refractivity contribution is 0.131. The lowest BCUT2D eigenvalue weighted by atomic mass is 9.89. The third kappa shape index (κ3) is 2.24. The summed E-state index contributed by atoms with van der Waals surface area (Å²) in [5, 5.41) is 3.50. The molecule has 4 nitrogen and oxygen atoms in total. The Hall–Kier alpha value is -0.870. The number of rotatable bonds is 2. The average molecular weight is 235 g/mol. The molecule has 1 aromatic rings. The Balaban J connectivity index is 1.62. The number of fused-ring (bicyclic) bond motifs is 1. The summed E-state index contributed by atoms with van der Waals surface area (Å²) in [6.07, 6.45) is 1.32. The Morgan fingerprint density at radius 1 is 1.35 bits per heavy atom. The maximum absolute atomic E-state index is 5.66. The first-order valence-electron chi connectivity index (χ1n) is 6.58. The van der Waals surface area contributed by atoms with E-state index < -0.39 is 0 Å². The minimum absolute atomic E-state index is 0.834. The molecule has 0 radical (unpaired) electrons. The van der Waals surface area contributed by atoms with Gasteiger partial charge in [0.1, 0.15) is 5.76 Å². The summed E-state index contributed by atoms with van der Waals surface area (Å²) in [4.78, 5) is 6.95. The monoisotopic (exact) mass is 235 g/mol. The third-order valence-corrected chi connectivity index (χ3v) is 4.22. The molecule has 2 unspecified atom stereocenters. The van der Waals surface area contributed by atoms with Crippen LogP contribution in [-0.4, -0.2) is 36.1 Å². The van der Waals surface area contributed by atoms with Crippen molar-refractivity contribution in [2.45, 2.75) is 26.8 Å². The molecule has 2 atom stereocenters. The van der Waals surface area contributed by atoms with E-state index in [0.717, 1.165) is 35.7 Å². The minimum Gasteiger partial charge on any atom is -0.444 e. The van der Waals surface area contributed by atoms with Gasteiger partial charge in [0.25, 0.3) is 0 Å². The van der Waals surface area contributed by atoms with Gasteiger partial charge in [-0.1, -0.05) is 0 Å². The molecule has 4 heteroatoms. The Morgan fingerprint density at radius 2 is 2.18 bits per heavy atom. The van der Waals surface area contributed by atoms with Crippen LogP contribution in [0.2, 0.25) is 0 Å². The van der Waals surface area contributed by atoms with Crippen molar-refractivity contribution in [3.05, 3.63) is 17.3 Å². The first-order chi connectivity index (χ1) is 8.22. The number of nitrogens with one attached hydrogen (secondary N) is 1. The molecule has 2 saturated heterocycles. The topological polar surface area (TPSA) is 41.3 Å². The van der Waals surface area contributed by atoms with Gasteiger partial charge in [-0.25, -0.2) is 4.98 Å². The predicted octanol–water partition coefficient (Wildman–Crippen LogP) is 1.33. The molecule has 3 rings (SSSR count). The van der Waals surface area contributed by atoms with E-state index in [1.807, 2.05) is 13.8 Å². The van der Waals surface area contributed by atoms with Gasteiger partial charge in [-0.2, -0.15) is 0 Å². The summed E-state index contributed by atoms with van der Waals surface area (Å²) < 4.78 is 5.66. The molecule has 2 aliphatic heterocycles. The smallest absolute Gasteiger partial charge is 0.208 e. The van der Waals surface area contributed by atoms with Crippen LogP contribution in [0.3, 0.4) is 0 Å². The maximum Gasteiger partial charge on any atom is 0.208 e. The molecule has 2 aliphatic rings. The fourth-order valence-corrected chi connectivity index (χ4v) is 3.05. The average Bonchev–Trinajstić information content (AvgIpc) is 2.86. The molecule has 94 valence electrons. The second-order valence-electron chi connectivity index (χ2n) is 5.45. The number of nitrogens with zero attached hydrogens (tertiary/aromatic N) is 2. The van der Waals surface area contributed by atoms with E-state index in [0.29, 0.717) is 0 Å². The van der Waals surface area contributed by atoms with Crippen LogP contribution in [0.25, 0.3) is 0 Å². The van der Waals surface area contributed by atoms with E-state index in [4.69, 9.17) is 4.42 Å². The standard InChI is InChI=1S/C13H21N3O/c1-9-10(2)17-13(15-9)8-16-4-3-11-5-14-6-12(11)7-16/h11-12,14H,3-8H2,1-2H3. The van der Waals surface area contributed by atoms with Gasteiger partial charge in [0.15, 0.2) is 0 Å². The van der Waals surface area contributed by atoms with Gasteiger partial charge >= 0.3 is 0 Å². The fraction of sp³-hybridized carbons (Fsp3) is 0.769. The highest BCUT2D eigenvalue weighted by Crippen LogP contribution is 2.27. The van der Waals surface area contributed by atoms with Gasteiger partial charge in [0, 0.05) is 6.54 Å². The molecule has 1 aromatic heterocycles. The van der Waals surface area contributed by atoms with E-state index in [-0.39, 0.29) is 0 Å². The minimum atomic E-state index is 0.834. The summed E-state index contributed by atoms with van der Waals surface area (Å²) in [5.74, 6) is 3.57. The zero-order valence-electron chi connectivity index (χ0n) is 10.7. The van der Waals surface area contributed by atoms with Crippen molar-refractivity contribution in [3.8, 4) is 0 Å². The van der Waals surface area contributed by atoms with Gasteiger partial charge in [-0.15, -0.1) is 0 Å². The van der Waals surface area contributed by atoms with Crippen molar-refractivity contribution >= 4 is 0 Å². The molecule has 0 aromatic carbocycles. The number of likely N-dealkylation sites (tertiary alicyclic amines) is 1. The Bertz CT molecular complexity index is 382. The Labute approximate surface area is 102 Å². The lowest BCUT2D eigenvalue weighted by Gasteiger charge is -2.33. The Morgan fingerprint density at radius 3 is 2.94 bits per heavy atom. The van der Waals surface area contributed by atoms with E-state index >= 15 is 0 Å². The van der Waals surface area contributed by atoms with Crippen LogP contribution in [0.4, 0.5) is 0 Å². The van der Waals surface area contributed by atoms with Crippen LogP contribution in [0.5, 0.6) is 0 Å². The van der Waals surface area contributed by atoms with Crippen molar-refractivity contribution in [1.29, 1.82) is 0 Å². The van der Waals surface area contributed by atoms with Crippen molar-refractivity contribution < 1.29 is 4.42 Å². The Kier molecular flexibility index (Phi) is 2.92. The van der Waals surface area contributed by atoms with E-state index in [9.17, 15) is 0 Å². The number of aryl methyl sites for hydroxylation is 2. The zero-order valence-corrected chi connectivity index (χ0v) is 10.7. The highest BCUT2D eigenvalue weighted by molar-refractivity contribution is 5.05. The van der Waals surface area contributed by atoms with Crippen LogP contribution in [-0.2, 0) is 6.54 Å². The molecule has 0 bridgehead atoms. The first-order valence-corrected chi connectivity index (χ1v) is 6.58. The summed E-state index contributed by atoms with van der Waals surface area (Å²) in [7, 11) is 0. The van der Waals surface area contributed by atoms with Crippen LogP contribution in [0, 0.1) is 25.7 Å². The highest BCUT2D eigenvalue weighted by Gasteiger charge is 2.33. The third-order valence-electron chi connectivity index (χ3n) is 4.22. The van der Waals surface area contributed by atoms with Gasteiger partial charge in [-0.05, 0) is 51.7 Å². The van der Waals surface area contributed by atoms with Crippen LogP contribution < -0.4 is 5.32 Å². The molecule has 1 N–H and O–H groups in total. The van der Waals surface area contributed by atoms with Crippen LogP contribution in [0.15, 0.2) is 4.42 Å². The second kappa shape index (κ2) is 4.42. The largest absolute Gasteiger partial charge is 0.444 e. The molecular weight excluding hydrogens is 214 g/mol. The van der Waals surface area contributed by atoms with E-state index in [1.165, 1.54) is 32.6 Å². The molecular formula is C13H21N3O. The summed E-state index contributed by atoms with van der Waals surface area (Å²) >= 11 is 0. The van der Waals surface area contributed by atoms with Crippen LogP contribution >= 0.6 is 0 Å². The first kappa shape index (κ1) is 11.2. The van der Waals surface area contributed by atoms with Gasteiger partial charge in [-0.3, -0.25) is 4.90 Å². The van der Waals surface area contributed by atoms with Gasteiger partial charge in [0.2, 0.25) is 5.89 Å². The second-order valence-corrected chi connectivity index (χ2v) is 5.45. The zero-order chi connectivity index (χ0) is 11.8. The number of piperidine rings is 1. The molecule has 17 heavy (non-hydrogen) atoms. The van der Waals surface area contributed by atoms with Gasteiger partial charge < -0.3 is 9.73 Å². The van der Waals surface area contributed by atoms with Crippen molar-refractivity contribution in [3.63, 3.8) is 0 Å². The van der Waals surface area contributed by atoms with Gasteiger partial charge in [0.05, 0.1) is 12.2 Å². The molecule has 0 spiro atoms. The normalized spacial score (nSPS) is 29.5. The van der Waals surface area contributed by atoms with E-state index in [2.05, 4.69) is 15.2 Å². The number of hydrogen-bond donors (Lipinski definition) is 1. The van der Waals surface area contributed by atoms with Crippen LogP contribution in [0.1, 0.15) is 23.8 Å². The fourth-order valence-electron chi connectivity index (χ4n) is 3.05. The number of oxazole rings is 1. The SMILES string of the molecule is Cc1nc(CN2CCC3CNCC3C2)oc1C. The predicted molar refractivity (Wildman–Crippen MR) is 65.7 cm³/mol.